The minimum atomic E-state index is -0.340. The van der Waals surface area contributed by atoms with E-state index in [1.54, 1.807) is 0 Å². The van der Waals surface area contributed by atoms with Crippen LogP contribution in [0.2, 0.25) is 0 Å². The van der Waals surface area contributed by atoms with Crippen molar-refractivity contribution in [1.29, 1.82) is 0 Å². The van der Waals surface area contributed by atoms with E-state index in [2.05, 4.69) is 29.6 Å². The zero-order chi connectivity index (χ0) is 13.6. The molecule has 3 rings (SSSR count). The second-order valence-corrected chi connectivity index (χ2v) is 4.73. The molecule has 5 N–H and O–H groups in total. The van der Waals surface area contributed by atoms with Gasteiger partial charge in [0.1, 0.15) is 10.8 Å². The Morgan fingerprint density at radius 2 is 2.11 bits per heavy atom. The molecular formula is C10H11N7OS. The van der Waals surface area contributed by atoms with Crippen LogP contribution in [-0.4, -0.2) is 31.4 Å². The molecule has 0 aliphatic carbocycles. The van der Waals surface area contributed by atoms with Gasteiger partial charge in [-0.2, -0.15) is 9.36 Å². The molecule has 3 aromatic heterocycles. The lowest BCUT2D eigenvalue weighted by Crippen LogP contribution is -2.10. The Morgan fingerprint density at radius 1 is 1.32 bits per heavy atom. The SMILES string of the molecule is CNc1snc(C)c1-c1nc2nc(N)[nH]c(=O)c2[nH]1. The summed E-state index contributed by atoms with van der Waals surface area (Å²) in [5, 5.41) is 3.93. The van der Waals surface area contributed by atoms with Crippen LogP contribution in [0.3, 0.4) is 0 Å². The van der Waals surface area contributed by atoms with E-state index in [9.17, 15) is 4.79 Å². The number of nitrogens with zero attached hydrogens (tertiary/aromatic N) is 3. The van der Waals surface area contributed by atoms with E-state index in [0.29, 0.717) is 17.0 Å². The van der Waals surface area contributed by atoms with Gasteiger partial charge in [-0.05, 0) is 18.5 Å². The summed E-state index contributed by atoms with van der Waals surface area (Å²) >= 11 is 1.34. The summed E-state index contributed by atoms with van der Waals surface area (Å²) in [5.41, 5.74) is 7.42. The van der Waals surface area contributed by atoms with Crippen molar-refractivity contribution >= 4 is 33.6 Å². The van der Waals surface area contributed by atoms with Crippen LogP contribution in [0, 0.1) is 6.92 Å². The van der Waals surface area contributed by atoms with Gasteiger partial charge < -0.3 is 16.0 Å². The van der Waals surface area contributed by atoms with Gasteiger partial charge in [-0.3, -0.25) is 9.78 Å². The minimum absolute atomic E-state index is 0.0459. The molecule has 0 bridgehead atoms. The normalized spacial score (nSPS) is 11.1. The minimum Gasteiger partial charge on any atom is -0.378 e. The molecule has 0 amide bonds. The van der Waals surface area contributed by atoms with E-state index in [1.807, 2.05) is 14.0 Å². The highest BCUT2D eigenvalue weighted by atomic mass is 32.1. The second-order valence-electron chi connectivity index (χ2n) is 3.96. The van der Waals surface area contributed by atoms with Crippen LogP contribution in [0.25, 0.3) is 22.6 Å². The number of aromatic amines is 2. The van der Waals surface area contributed by atoms with Crippen molar-refractivity contribution in [2.24, 2.45) is 0 Å². The molecule has 0 saturated heterocycles. The molecule has 0 fully saturated rings. The van der Waals surface area contributed by atoms with Crippen LogP contribution in [-0.2, 0) is 0 Å². The molecule has 0 unspecified atom stereocenters. The van der Waals surface area contributed by atoms with Gasteiger partial charge in [-0.15, -0.1) is 0 Å². The number of aromatic nitrogens is 5. The molecule has 9 heteroatoms. The van der Waals surface area contributed by atoms with Crippen LogP contribution in [0.1, 0.15) is 5.69 Å². The summed E-state index contributed by atoms with van der Waals surface area (Å²) in [5.74, 6) is 0.596. The quantitative estimate of drug-likeness (QED) is 0.546. The first-order valence-electron chi connectivity index (χ1n) is 5.50. The Balaban J connectivity index is 2.29. The molecule has 3 aromatic rings. The number of nitrogens with two attached hydrogens (primary N) is 1. The molecule has 0 saturated carbocycles. The van der Waals surface area contributed by atoms with Crippen molar-refractivity contribution in [3.8, 4) is 11.4 Å². The molecule has 0 aliphatic heterocycles. The maximum absolute atomic E-state index is 11.7. The monoisotopic (exact) mass is 277 g/mol. The van der Waals surface area contributed by atoms with Gasteiger partial charge in [-0.1, -0.05) is 0 Å². The van der Waals surface area contributed by atoms with Gasteiger partial charge in [-0.25, -0.2) is 4.98 Å². The first-order valence-corrected chi connectivity index (χ1v) is 6.27. The molecule has 0 spiro atoms. The van der Waals surface area contributed by atoms with Crippen molar-refractivity contribution in [2.75, 3.05) is 18.1 Å². The number of hydrogen-bond acceptors (Lipinski definition) is 7. The Hall–Kier alpha value is -2.42. The molecule has 8 nitrogen and oxygen atoms in total. The number of nitrogen functional groups attached to an aromatic ring is 1. The van der Waals surface area contributed by atoms with Gasteiger partial charge in [0, 0.05) is 7.05 Å². The fraction of sp³-hybridized carbons (Fsp3) is 0.200. The van der Waals surface area contributed by atoms with Gasteiger partial charge in [0.2, 0.25) is 5.95 Å². The summed E-state index contributed by atoms with van der Waals surface area (Å²) in [7, 11) is 1.81. The molecule has 0 aromatic carbocycles. The fourth-order valence-corrected chi connectivity index (χ4v) is 2.61. The van der Waals surface area contributed by atoms with Crippen molar-refractivity contribution in [3.05, 3.63) is 16.0 Å². The van der Waals surface area contributed by atoms with E-state index in [1.165, 1.54) is 11.5 Å². The molecule has 0 aliphatic rings. The van der Waals surface area contributed by atoms with Crippen molar-refractivity contribution < 1.29 is 0 Å². The first-order chi connectivity index (χ1) is 9.10. The number of aryl methyl sites for hydroxylation is 1. The Kier molecular flexibility index (Phi) is 2.49. The van der Waals surface area contributed by atoms with E-state index < -0.39 is 0 Å². The Morgan fingerprint density at radius 3 is 2.84 bits per heavy atom. The van der Waals surface area contributed by atoms with Crippen LogP contribution < -0.4 is 16.6 Å². The number of anilines is 2. The van der Waals surface area contributed by atoms with Gasteiger partial charge in [0.25, 0.3) is 5.56 Å². The van der Waals surface area contributed by atoms with E-state index in [-0.39, 0.29) is 11.5 Å². The molecule has 98 valence electrons. The van der Waals surface area contributed by atoms with E-state index in [0.717, 1.165) is 16.3 Å². The van der Waals surface area contributed by atoms with E-state index in [4.69, 9.17) is 5.73 Å². The number of hydrogen-bond donors (Lipinski definition) is 4. The van der Waals surface area contributed by atoms with Crippen LogP contribution >= 0.6 is 11.5 Å². The van der Waals surface area contributed by atoms with Crippen molar-refractivity contribution in [3.63, 3.8) is 0 Å². The predicted molar refractivity (Wildman–Crippen MR) is 74.3 cm³/mol. The third-order valence-corrected chi connectivity index (χ3v) is 3.66. The summed E-state index contributed by atoms with van der Waals surface area (Å²) in [6.45, 7) is 1.88. The number of imidazole rings is 1. The lowest BCUT2D eigenvalue weighted by molar-refractivity contribution is 1.17. The maximum Gasteiger partial charge on any atom is 0.278 e. The van der Waals surface area contributed by atoms with Crippen LogP contribution in [0.5, 0.6) is 0 Å². The summed E-state index contributed by atoms with van der Waals surface area (Å²) in [6, 6.07) is 0. The average molecular weight is 277 g/mol. The highest BCUT2D eigenvalue weighted by Crippen LogP contribution is 2.32. The summed E-state index contributed by atoms with van der Waals surface area (Å²) < 4.78 is 4.26. The fourth-order valence-electron chi connectivity index (χ4n) is 1.86. The van der Waals surface area contributed by atoms with Crippen molar-refractivity contribution in [1.82, 2.24) is 24.3 Å². The number of rotatable bonds is 2. The lowest BCUT2D eigenvalue weighted by Gasteiger charge is -1.98. The molecule has 3 heterocycles. The van der Waals surface area contributed by atoms with Crippen molar-refractivity contribution in [2.45, 2.75) is 6.92 Å². The molecular weight excluding hydrogens is 266 g/mol. The predicted octanol–water partition coefficient (Wildman–Crippen LogP) is 0.702. The number of H-pyrrole nitrogens is 2. The third-order valence-electron chi connectivity index (χ3n) is 2.71. The maximum atomic E-state index is 11.7. The summed E-state index contributed by atoms with van der Waals surface area (Å²) in [6.07, 6.45) is 0. The van der Waals surface area contributed by atoms with Crippen LogP contribution in [0.15, 0.2) is 4.79 Å². The standard InChI is InChI=1S/C10H11N7OS/c1-3-4(9(12-2)19-17-3)6-13-5-7(14-6)15-10(11)16-8(5)18/h12H,1-2H3,(H4,11,13,14,15,16,18). The first kappa shape index (κ1) is 11.7. The zero-order valence-electron chi connectivity index (χ0n) is 10.2. The molecule has 0 radical (unpaired) electrons. The number of nitrogens with one attached hydrogen (secondary N) is 3. The van der Waals surface area contributed by atoms with Crippen LogP contribution in [0.4, 0.5) is 10.9 Å². The third kappa shape index (κ3) is 1.74. The zero-order valence-corrected chi connectivity index (χ0v) is 11.1. The smallest absolute Gasteiger partial charge is 0.278 e. The Labute approximate surface area is 111 Å². The highest BCUT2D eigenvalue weighted by Gasteiger charge is 2.17. The Bertz CT molecular complexity index is 815. The second kappa shape index (κ2) is 4.05. The topological polar surface area (TPSA) is 125 Å². The highest BCUT2D eigenvalue weighted by molar-refractivity contribution is 7.10. The van der Waals surface area contributed by atoms with Gasteiger partial charge in [0.05, 0.1) is 11.3 Å². The molecule has 0 atom stereocenters. The van der Waals surface area contributed by atoms with Gasteiger partial charge in [0.15, 0.2) is 11.2 Å². The largest absolute Gasteiger partial charge is 0.378 e. The van der Waals surface area contributed by atoms with Gasteiger partial charge >= 0.3 is 0 Å². The average Bonchev–Trinajstić information content (AvgIpc) is 2.92. The number of fused-ring (bicyclic) bond motifs is 1. The molecule has 19 heavy (non-hydrogen) atoms. The summed E-state index contributed by atoms with van der Waals surface area (Å²) in [4.78, 5) is 25.4. The van der Waals surface area contributed by atoms with E-state index >= 15 is 0 Å². The lowest BCUT2D eigenvalue weighted by atomic mass is 10.2.